The normalized spacial score (nSPS) is 13.2. The molecule has 1 amide bonds. The lowest BCUT2D eigenvalue weighted by molar-refractivity contribution is 0.0765. The molecule has 0 saturated carbocycles. The van der Waals surface area contributed by atoms with Gasteiger partial charge in [-0.1, -0.05) is 0 Å². The summed E-state index contributed by atoms with van der Waals surface area (Å²) in [6.45, 7) is 0.809. The van der Waals surface area contributed by atoms with Crippen LogP contribution >= 0.6 is 0 Å². The monoisotopic (exact) mass is 301 g/mol. The number of hydrogen-bond acceptors (Lipinski definition) is 3. The number of carbonyl (C=O) groups excluding carboxylic acids is 1. The molecule has 2 aromatic carbocycles. The molecule has 114 valence electrons. The van der Waals surface area contributed by atoms with Crippen molar-refractivity contribution in [2.45, 2.75) is 13.1 Å². The number of ether oxygens (including phenoxy) is 2. The maximum Gasteiger partial charge on any atom is 0.254 e. The number of fused-ring (bicyclic) bond motifs is 1. The summed E-state index contributed by atoms with van der Waals surface area (Å²) in [4.78, 5) is 14.0. The Hall–Kier alpha value is -2.56. The van der Waals surface area contributed by atoms with E-state index >= 15 is 0 Å². The van der Waals surface area contributed by atoms with Crippen molar-refractivity contribution in [1.29, 1.82) is 0 Å². The van der Waals surface area contributed by atoms with Gasteiger partial charge in [0.1, 0.15) is 17.3 Å². The fourth-order valence-electron chi connectivity index (χ4n) is 2.67. The van der Waals surface area contributed by atoms with Crippen LogP contribution in [0.1, 0.15) is 21.5 Å². The Bertz CT molecular complexity index is 730. The first-order chi connectivity index (χ1) is 10.6. The highest BCUT2D eigenvalue weighted by molar-refractivity contribution is 5.98. The quantitative estimate of drug-likeness (QED) is 0.871. The molecular formula is C17H16FNO3. The number of amides is 1. The molecule has 0 aromatic heterocycles. The molecule has 5 heteroatoms. The largest absolute Gasteiger partial charge is 0.497 e. The van der Waals surface area contributed by atoms with Gasteiger partial charge in [0, 0.05) is 30.3 Å². The van der Waals surface area contributed by atoms with E-state index in [0.29, 0.717) is 30.2 Å². The van der Waals surface area contributed by atoms with Gasteiger partial charge in [-0.3, -0.25) is 4.79 Å². The fraction of sp³-hybridized carbons (Fsp3) is 0.235. The number of hydrogen-bond donors (Lipinski definition) is 0. The van der Waals surface area contributed by atoms with Crippen molar-refractivity contribution < 1.29 is 18.7 Å². The van der Waals surface area contributed by atoms with Gasteiger partial charge in [0.25, 0.3) is 5.91 Å². The lowest BCUT2D eigenvalue weighted by Crippen LogP contribution is -2.23. The molecule has 1 aliphatic heterocycles. The van der Waals surface area contributed by atoms with Crippen LogP contribution in [-0.4, -0.2) is 25.0 Å². The van der Waals surface area contributed by atoms with Crippen molar-refractivity contribution >= 4 is 5.91 Å². The van der Waals surface area contributed by atoms with Crippen LogP contribution in [0, 0.1) is 5.82 Å². The van der Waals surface area contributed by atoms with Crippen LogP contribution in [0.15, 0.2) is 36.4 Å². The van der Waals surface area contributed by atoms with Gasteiger partial charge in [0.15, 0.2) is 0 Å². The van der Waals surface area contributed by atoms with Crippen molar-refractivity contribution in [3.63, 3.8) is 0 Å². The molecule has 0 bridgehead atoms. The smallest absolute Gasteiger partial charge is 0.254 e. The maximum absolute atomic E-state index is 13.3. The SMILES string of the molecule is COc1ccc(CN2Cc3cc(F)ccc3C2=O)c(OC)c1. The van der Waals surface area contributed by atoms with E-state index in [2.05, 4.69) is 0 Å². The van der Waals surface area contributed by atoms with Gasteiger partial charge in [-0.05, 0) is 35.9 Å². The van der Waals surface area contributed by atoms with Crippen molar-refractivity contribution in [2.24, 2.45) is 0 Å². The van der Waals surface area contributed by atoms with Gasteiger partial charge >= 0.3 is 0 Å². The number of rotatable bonds is 4. The summed E-state index contributed by atoms with van der Waals surface area (Å²) in [5, 5.41) is 0. The second-order valence-corrected chi connectivity index (χ2v) is 5.14. The predicted octanol–water partition coefficient (Wildman–Crippen LogP) is 3.00. The molecule has 22 heavy (non-hydrogen) atoms. The summed E-state index contributed by atoms with van der Waals surface area (Å²) in [6.07, 6.45) is 0. The number of carbonyl (C=O) groups is 1. The summed E-state index contributed by atoms with van der Waals surface area (Å²) in [5.74, 6) is 0.941. The van der Waals surface area contributed by atoms with Crippen molar-refractivity contribution in [1.82, 2.24) is 4.90 Å². The number of nitrogens with zero attached hydrogens (tertiary/aromatic N) is 1. The zero-order valence-electron chi connectivity index (χ0n) is 12.4. The Kier molecular flexibility index (Phi) is 3.71. The molecule has 3 rings (SSSR count). The summed E-state index contributed by atoms with van der Waals surface area (Å²) in [7, 11) is 3.16. The first-order valence-electron chi connectivity index (χ1n) is 6.91. The van der Waals surface area contributed by atoms with Crippen LogP contribution in [0.25, 0.3) is 0 Å². The second kappa shape index (κ2) is 5.67. The average Bonchev–Trinajstić information content (AvgIpc) is 2.83. The van der Waals surface area contributed by atoms with Crippen molar-refractivity contribution in [2.75, 3.05) is 14.2 Å². The molecule has 0 N–H and O–H groups in total. The predicted molar refractivity (Wildman–Crippen MR) is 79.5 cm³/mol. The zero-order chi connectivity index (χ0) is 15.7. The van der Waals surface area contributed by atoms with Gasteiger partial charge in [-0.15, -0.1) is 0 Å². The Morgan fingerprint density at radius 3 is 2.68 bits per heavy atom. The molecule has 1 aliphatic rings. The Morgan fingerprint density at radius 2 is 1.95 bits per heavy atom. The first-order valence-corrected chi connectivity index (χ1v) is 6.91. The minimum atomic E-state index is -0.324. The van der Waals surface area contributed by atoms with Crippen molar-refractivity contribution in [3.05, 3.63) is 58.9 Å². The van der Waals surface area contributed by atoms with Crippen LogP contribution < -0.4 is 9.47 Å². The highest BCUT2D eigenvalue weighted by Crippen LogP contribution is 2.29. The third-order valence-electron chi connectivity index (χ3n) is 3.80. The van der Waals surface area contributed by atoms with E-state index in [4.69, 9.17) is 9.47 Å². The van der Waals surface area contributed by atoms with Gasteiger partial charge in [-0.2, -0.15) is 0 Å². The van der Waals surface area contributed by atoms with Crippen LogP contribution in [0.5, 0.6) is 11.5 Å². The third-order valence-corrected chi connectivity index (χ3v) is 3.80. The van der Waals surface area contributed by atoms with Crippen LogP contribution in [-0.2, 0) is 13.1 Å². The van der Waals surface area contributed by atoms with Gasteiger partial charge in [-0.25, -0.2) is 4.39 Å². The summed E-state index contributed by atoms with van der Waals surface area (Å²) in [5.41, 5.74) is 2.16. The zero-order valence-corrected chi connectivity index (χ0v) is 12.4. The standard InChI is InChI=1S/C17H16FNO3/c1-21-14-5-3-11(16(8-14)22-2)9-19-10-12-7-13(18)4-6-15(12)17(19)20/h3-8H,9-10H2,1-2H3. The molecule has 0 spiro atoms. The van der Waals surface area contributed by atoms with E-state index in [9.17, 15) is 9.18 Å². The highest BCUT2D eigenvalue weighted by atomic mass is 19.1. The van der Waals surface area contributed by atoms with E-state index in [1.165, 1.54) is 18.2 Å². The molecule has 0 saturated heterocycles. The van der Waals surface area contributed by atoms with Crippen molar-refractivity contribution in [3.8, 4) is 11.5 Å². The average molecular weight is 301 g/mol. The second-order valence-electron chi connectivity index (χ2n) is 5.14. The van der Waals surface area contributed by atoms with E-state index < -0.39 is 0 Å². The summed E-state index contributed by atoms with van der Waals surface area (Å²) in [6, 6.07) is 9.74. The molecule has 2 aromatic rings. The molecule has 1 heterocycles. The van der Waals surface area contributed by atoms with E-state index in [-0.39, 0.29) is 11.7 Å². The van der Waals surface area contributed by atoms with Gasteiger partial charge in [0.2, 0.25) is 0 Å². The molecule has 0 aliphatic carbocycles. The van der Waals surface area contributed by atoms with Crippen LogP contribution in [0.3, 0.4) is 0 Å². The lowest BCUT2D eigenvalue weighted by Gasteiger charge is -2.18. The molecule has 4 nitrogen and oxygen atoms in total. The fourth-order valence-corrected chi connectivity index (χ4v) is 2.67. The van der Waals surface area contributed by atoms with Gasteiger partial charge < -0.3 is 14.4 Å². The minimum Gasteiger partial charge on any atom is -0.497 e. The Labute approximate surface area is 128 Å². The summed E-state index contributed by atoms with van der Waals surface area (Å²) < 4.78 is 23.8. The number of benzene rings is 2. The lowest BCUT2D eigenvalue weighted by atomic mass is 10.1. The van der Waals surface area contributed by atoms with E-state index in [0.717, 1.165) is 11.1 Å². The molecular weight excluding hydrogens is 285 g/mol. The molecule has 0 atom stereocenters. The molecule has 0 radical (unpaired) electrons. The third kappa shape index (κ3) is 2.50. The highest BCUT2D eigenvalue weighted by Gasteiger charge is 2.28. The minimum absolute atomic E-state index is 0.0899. The van der Waals surface area contributed by atoms with Crippen LogP contribution in [0.2, 0.25) is 0 Å². The van der Waals surface area contributed by atoms with Crippen LogP contribution in [0.4, 0.5) is 4.39 Å². The first kappa shape index (κ1) is 14.4. The Morgan fingerprint density at radius 1 is 1.14 bits per heavy atom. The number of halogens is 1. The number of methoxy groups -OCH3 is 2. The van der Waals surface area contributed by atoms with E-state index in [1.807, 2.05) is 12.1 Å². The van der Waals surface area contributed by atoms with E-state index in [1.54, 1.807) is 25.2 Å². The maximum atomic E-state index is 13.3. The molecule has 0 fully saturated rings. The Balaban J connectivity index is 1.85. The van der Waals surface area contributed by atoms with Gasteiger partial charge in [0.05, 0.1) is 14.2 Å². The molecule has 0 unspecified atom stereocenters. The summed E-state index contributed by atoms with van der Waals surface area (Å²) >= 11 is 0. The topological polar surface area (TPSA) is 38.8 Å².